The standard InChI is InChI=1S/C11H12ClFN4/c1-2-3-9-15-10-7(11(16-9)17-14)4-6(12)5-8(10)13/h4-5H,2-3,14H2,1H3,(H,15,16,17). The summed E-state index contributed by atoms with van der Waals surface area (Å²) in [6, 6.07) is 2.82. The first-order chi connectivity index (χ1) is 8.15. The van der Waals surface area contributed by atoms with Crippen LogP contribution in [0.15, 0.2) is 12.1 Å². The van der Waals surface area contributed by atoms with Crippen LogP contribution in [0.5, 0.6) is 0 Å². The van der Waals surface area contributed by atoms with Crippen LogP contribution in [0, 0.1) is 5.82 Å². The molecule has 0 amide bonds. The minimum absolute atomic E-state index is 0.237. The number of aryl methyl sites for hydroxylation is 1. The third-order valence-electron chi connectivity index (χ3n) is 2.38. The lowest BCUT2D eigenvalue weighted by Crippen LogP contribution is -2.11. The van der Waals surface area contributed by atoms with Crippen molar-refractivity contribution >= 4 is 28.3 Å². The first kappa shape index (κ1) is 12.0. The van der Waals surface area contributed by atoms with Crippen molar-refractivity contribution < 1.29 is 4.39 Å². The molecule has 0 fully saturated rings. The van der Waals surface area contributed by atoms with Gasteiger partial charge in [-0.25, -0.2) is 20.2 Å². The Bertz CT molecular complexity index is 559. The van der Waals surface area contributed by atoms with Crippen LogP contribution in [0.3, 0.4) is 0 Å². The van der Waals surface area contributed by atoms with Gasteiger partial charge in [-0.3, -0.25) is 0 Å². The van der Waals surface area contributed by atoms with Crippen LogP contribution in [0.4, 0.5) is 10.2 Å². The lowest BCUT2D eigenvalue weighted by molar-refractivity contribution is 0.635. The van der Waals surface area contributed by atoms with Gasteiger partial charge in [0.05, 0.1) is 0 Å². The number of anilines is 1. The molecular weight excluding hydrogens is 243 g/mol. The van der Waals surface area contributed by atoms with Crippen LogP contribution >= 0.6 is 11.6 Å². The highest BCUT2D eigenvalue weighted by atomic mass is 35.5. The number of nitrogens with one attached hydrogen (secondary N) is 1. The van der Waals surface area contributed by atoms with E-state index in [1.807, 2.05) is 6.92 Å². The largest absolute Gasteiger partial charge is 0.308 e. The van der Waals surface area contributed by atoms with Crippen LogP contribution < -0.4 is 11.3 Å². The summed E-state index contributed by atoms with van der Waals surface area (Å²) in [5.41, 5.74) is 2.68. The van der Waals surface area contributed by atoms with E-state index in [1.165, 1.54) is 6.07 Å². The predicted molar refractivity (Wildman–Crippen MR) is 66.3 cm³/mol. The molecule has 0 aliphatic carbocycles. The Labute approximate surface area is 103 Å². The third kappa shape index (κ3) is 2.30. The number of fused-ring (bicyclic) bond motifs is 1. The topological polar surface area (TPSA) is 63.8 Å². The van der Waals surface area contributed by atoms with E-state index in [0.29, 0.717) is 28.5 Å². The molecule has 0 aliphatic heterocycles. The number of rotatable bonds is 3. The van der Waals surface area contributed by atoms with Gasteiger partial charge in [0.15, 0.2) is 11.6 Å². The molecular formula is C11H12ClFN4. The fourth-order valence-electron chi connectivity index (χ4n) is 1.65. The van der Waals surface area contributed by atoms with Gasteiger partial charge >= 0.3 is 0 Å². The zero-order valence-corrected chi connectivity index (χ0v) is 10.1. The number of hydrazine groups is 1. The van der Waals surface area contributed by atoms with Crippen LogP contribution in [0.2, 0.25) is 5.02 Å². The highest BCUT2D eigenvalue weighted by Crippen LogP contribution is 2.26. The summed E-state index contributed by atoms with van der Waals surface area (Å²) in [6.07, 6.45) is 1.55. The van der Waals surface area contributed by atoms with Gasteiger partial charge in [-0.2, -0.15) is 0 Å². The van der Waals surface area contributed by atoms with Gasteiger partial charge in [0.2, 0.25) is 0 Å². The zero-order valence-electron chi connectivity index (χ0n) is 9.30. The number of nitrogen functional groups attached to an aromatic ring is 1. The Kier molecular flexibility index (Phi) is 3.40. The second-order valence-corrected chi connectivity index (χ2v) is 4.10. The van der Waals surface area contributed by atoms with Gasteiger partial charge in [0.1, 0.15) is 11.3 Å². The molecule has 17 heavy (non-hydrogen) atoms. The average Bonchev–Trinajstić information content (AvgIpc) is 2.29. The maximum Gasteiger partial charge on any atom is 0.151 e. The smallest absolute Gasteiger partial charge is 0.151 e. The molecule has 1 aromatic heterocycles. The Morgan fingerprint density at radius 2 is 2.18 bits per heavy atom. The number of hydrogen-bond acceptors (Lipinski definition) is 4. The van der Waals surface area contributed by atoms with Crippen LogP contribution in [-0.4, -0.2) is 9.97 Å². The van der Waals surface area contributed by atoms with E-state index in [9.17, 15) is 4.39 Å². The SMILES string of the molecule is CCCc1nc(NN)c2cc(Cl)cc(F)c2n1. The van der Waals surface area contributed by atoms with Crippen molar-refractivity contribution in [2.75, 3.05) is 5.43 Å². The zero-order chi connectivity index (χ0) is 12.4. The fourth-order valence-corrected chi connectivity index (χ4v) is 1.85. The molecule has 2 rings (SSSR count). The van der Waals surface area contributed by atoms with Crippen molar-refractivity contribution in [3.05, 3.63) is 28.8 Å². The number of nitrogens with two attached hydrogens (primary N) is 1. The normalized spacial score (nSPS) is 10.8. The van der Waals surface area contributed by atoms with E-state index in [1.54, 1.807) is 6.07 Å². The second-order valence-electron chi connectivity index (χ2n) is 3.67. The van der Waals surface area contributed by atoms with Gasteiger partial charge in [0.25, 0.3) is 0 Å². The van der Waals surface area contributed by atoms with Gasteiger partial charge in [-0.1, -0.05) is 18.5 Å². The lowest BCUT2D eigenvalue weighted by atomic mass is 10.2. The summed E-state index contributed by atoms with van der Waals surface area (Å²) in [7, 11) is 0. The Morgan fingerprint density at radius 3 is 2.82 bits per heavy atom. The van der Waals surface area contributed by atoms with E-state index >= 15 is 0 Å². The van der Waals surface area contributed by atoms with Crippen LogP contribution in [-0.2, 0) is 6.42 Å². The highest BCUT2D eigenvalue weighted by molar-refractivity contribution is 6.31. The number of benzene rings is 1. The van der Waals surface area contributed by atoms with Gasteiger partial charge < -0.3 is 5.43 Å². The van der Waals surface area contributed by atoms with Crippen molar-refractivity contribution in [2.24, 2.45) is 5.84 Å². The van der Waals surface area contributed by atoms with Gasteiger partial charge in [-0.15, -0.1) is 0 Å². The van der Waals surface area contributed by atoms with Gasteiger partial charge in [-0.05, 0) is 18.6 Å². The van der Waals surface area contributed by atoms with E-state index in [-0.39, 0.29) is 5.52 Å². The number of nitrogens with zero attached hydrogens (tertiary/aromatic N) is 2. The molecule has 0 atom stereocenters. The quantitative estimate of drug-likeness (QED) is 0.653. The number of aromatic nitrogens is 2. The monoisotopic (exact) mass is 254 g/mol. The van der Waals surface area contributed by atoms with E-state index in [4.69, 9.17) is 17.4 Å². The summed E-state index contributed by atoms with van der Waals surface area (Å²) in [5.74, 6) is 5.86. The van der Waals surface area contributed by atoms with Crippen molar-refractivity contribution in [1.82, 2.24) is 9.97 Å². The maximum absolute atomic E-state index is 13.7. The Hall–Kier alpha value is -1.46. The minimum Gasteiger partial charge on any atom is -0.308 e. The number of halogens is 2. The molecule has 6 heteroatoms. The maximum atomic E-state index is 13.7. The fraction of sp³-hybridized carbons (Fsp3) is 0.273. The van der Waals surface area contributed by atoms with E-state index < -0.39 is 5.82 Å². The second kappa shape index (κ2) is 4.81. The molecule has 2 aromatic rings. The molecule has 1 aromatic carbocycles. The molecule has 0 bridgehead atoms. The van der Waals surface area contributed by atoms with Crippen LogP contribution in [0.25, 0.3) is 10.9 Å². The summed E-state index contributed by atoms with van der Waals surface area (Å²) < 4.78 is 13.7. The van der Waals surface area contributed by atoms with E-state index in [0.717, 1.165) is 6.42 Å². The third-order valence-corrected chi connectivity index (χ3v) is 2.59. The molecule has 0 unspecified atom stereocenters. The number of hydrogen-bond donors (Lipinski definition) is 2. The molecule has 4 nitrogen and oxygen atoms in total. The molecule has 3 N–H and O–H groups in total. The molecule has 90 valence electrons. The summed E-state index contributed by atoms with van der Waals surface area (Å²) >= 11 is 5.79. The molecule has 0 saturated heterocycles. The summed E-state index contributed by atoms with van der Waals surface area (Å²) in [5, 5.41) is 0.774. The molecule has 0 spiro atoms. The van der Waals surface area contributed by atoms with Crippen molar-refractivity contribution in [1.29, 1.82) is 0 Å². The Morgan fingerprint density at radius 1 is 1.41 bits per heavy atom. The Balaban J connectivity index is 2.73. The van der Waals surface area contributed by atoms with Gasteiger partial charge in [0, 0.05) is 16.8 Å². The highest BCUT2D eigenvalue weighted by Gasteiger charge is 2.11. The summed E-state index contributed by atoms with van der Waals surface area (Å²) in [6.45, 7) is 2.00. The lowest BCUT2D eigenvalue weighted by Gasteiger charge is -2.08. The predicted octanol–water partition coefficient (Wildman–Crippen LogP) is 2.66. The summed E-state index contributed by atoms with van der Waals surface area (Å²) in [4.78, 5) is 8.39. The van der Waals surface area contributed by atoms with Crippen molar-refractivity contribution in [2.45, 2.75) is 19.8 Å². The minimum atomic E-state index is -0.469. The molecule has 0 radical (unpaired) electrons. The first-order valence-electron chi connectivity index (χ1n) is 5.28. The first-order valence-corrected chi connectivity index (χ1v) is 5.65. The molecule has 1 heterocycles. The van der Waals surface area contributed by atoms with Crippen molar-refractivity contribution in [3.63, 3.8) is 0 Å². The van der Waals surface area contributed by atoms with E-state index in [2.05, 4.69) is 15.4 Å². The average molecular weight is 255 g/mol. The molecule has 0 aliphatic rings. The van der Waals surface area contributed by atoms with Crippen LogP contribution in [0.1, 0.15) is 19.2 Å². The van der Waals surface area contributed by atoms with Crippen molar-refractivity contribution in [3.8, 4) is 0 Å². The molecule has 0 saturated carbocycles.